The predicted molar refractivity (Wildman–Crippen MR) is 108 cm³/mol. The van der Waals surface area contributed by atoms with Crippen molar-refractivity contribution in [2.24, 2.45) is 0 Å². The van der Waals surface area contributed by atoms with Crippen molar-refractivity contribution in [2.45, 2.75) is 18.6 Å². The van der Waals surface area contributed by atoms with Crippen molar-refractivity contribution < 1.29 is 33.3 Å². The van der Waals surface area contributed by atoms with Crippen LogP contribution in [-0.4, -0.2) is 42.7 Å². The molecule has 0 aliphatic rings. The number of thiol groups is 1. The van der Waals surface area contributed by atoms with Gasteiger partial charge in [-0.05, 0) is 29.8 Å². The van der Waals surface area contributed by atoms with Crippen LogP contribution in [0.25, 0.3) is 0 Å². The lowest BCUT2D eigenvalue weighted by molar-refractivity contribution is -0.141. The number of benzene rings is 2. The Morgan fingerprint density at radius 1 is 1.21 bits per heavy atom. The zero-order valence-corrected chi connectivity index (χ0v) is 16.6. The van der Waals surface area contributed by atoms with Gasteiger partial charge in [0.1, 0.15) is 6.10 Å². The number of phenols is 1. The van der Waals surface area contributed by atoms with Crippen LogP contribution in [0.3, 0.4) is 0 Å². The normalized spacial score (nSPS) is 12.7. The number of aromatic hydroxyl groups is 1. The number of esters is 1. The summed E-state index contributed by atoms with van der Waals surface area (Å²) in [6.45, 7) is -0.00136. The molecule has 2 rings (SSSR count). The number of nitrogens with one attached hydrogen (secondary N) is 1. The summed E-state index contributed by atoms with van der Waals surface area (Å²) in [5, 5.41) is 12.0. The summed E-state index contributed by atoms with van der Waals surface area (Å²) >= 11 is 3.83. The van der Waals surface area contributed by atoms with Crippen molar-refractivity contribution in [3.05, 3.63) is 59.9 Å². The minimum atomic E-state index is -1.02. The molecule has 2 aromatic rings. The van der Waals surface area contributed by atoms with Gasteiger partial charge >= 0.3 is 12.1 Å². The van der Waals surface area contributed by atoms with Crippen molar-refractivity contribution in [3.63, 3.8) is 0 Å². The van der Waals surface area contributed by atoms with E-state index in [0.29, 0.717) is 5.69 Å². The Morgan fingerprint density at radius 3 is 2.55 bits per heavy atom. The van der Waals surface area contributed by atoms with Crippen LogP contribution in [0.4, 0.5) is 14.9 Å². The first-order valence-corrected chi connectivity index (χ1v) is 9.38. The highest BCUT2D eigenvalue weighted by atomic mass is 32.1. The van der Waals surface area contributed by atoms with E-state index in [-0.39, 0.29) is 24.3 Å². The zero-order valence-electron chi connectivity index (χ0n) is 15.7. The van der Waals surface area contributed by atoms with Crippen LogP contribution >= 0.6 is 12.6 Å². The maximum atomic E-state index is 13.9. The van der Waals surface area contributed by atoms with Crippen LogP contribution in [0.15, 0.2) is 48.5 Å². The van der Waals surface area contributed by atoms with Crippen LogP contribution in [0.1, 0.15) is 18.1 Å². The molecule has 9 heteroatoms. The van der Waals surface area contributed by atoms with Crippen molar-refractivity contribution in [1.29, 1.82) is 0 Å². The van der Waals surface area contributed by atoms with Gasteiger partial charge in [0.15, 0.2) is 17.7 Å². The van der Waals surface area contributed by atoms with Crippen molar-refractivity contribution in [1.82, 2.24) is 0 Å². The standard InChI is InChI=1S/C20H22FNO6S/c1-26-17(9-10-27-18(24)12-29)19(13-7-8-16(23)15(21)11-13)28-20(25)22-14-5-3-2-4-6-14/h2-8,11,17,19,23,29H,9-10,12H2,1H3,(H,22,25)/t17-,19-/m1/s1. The Balaban J connectivity index is 2.17. The average molecular weight is 423 g/mol. The van der Waals surface area contributed by atoms with E-state index in [0.717, 1.165) is 12.1 Å². The largest absolute Gasteiger partial charge is 0.505 e. The Labute approximate surface area is 173 Å². The highest BCUT2D eigenvalue weighted by Crippen LogP contribution is 2.29. The molecule has 7 nitrogen and oxygen atoms in total. The first-order chi connectivity index (χ1) is 13.9. The summed E-state index contributed by atoms with van der Waals surface area (Å²) in [5.41, 5.74) is 0.792. The first kappa shape index (κ1) is 22.5. The molecule has 29 heavy (non-hydrogen) atoms. The zero-order chi connectivity index (χ0) is 21.2. The fourth-order valence-electron chi connectivity index (χ4n) is 2.57. The summed E-state index contributed by atoms with van der Waals surface area (Å²) in [7, 11) is 1.40. The highest BCUT2D eigenvalue weighted by Gasteiger charge is 2.28. The summed E-state index contributed by atoms with van der Waals surface area (Å²) in [4.78, 5) is 23.6. The molecule has 2 N–H and O–H groups in total. The summed E-state index contributed by atoms with van der Waals surface area (Å²) < 4.78 is 29.8. The van der Waals surface area contributed by atoms with E-state index >= 15 is 0 Å². The molecule has 0 saturated heterocycles. The molecule has 2 aromatic carbocycles. The molecule has 0 aliphatic heterocycles. The number of halogens is 1. The number of methoxy groups -OCH3 is 1. The van der Waals surface area contributed by atoms with Gasteiger partial charge in [0.05, 0.1) is 12.4 Å². The summed E-state index contributed by atoms with van der Waals surface area (Å²) in [6, 6.07) is 12.3. The maximum Gasteiger partial charge on any atom is 0.412 e. The lowest BCUT2D eigenvalue weighted by Gasteiger charge is -2.26. The van der Waals surface area contributed by atoms with Crippen molar-refractivity contribution in [3.8, 4) is 5.75 Å². The Hall–Kier alpha value is -2.78. The van der Waals surface area contributed by atoms with E-state index in [1.807, 2.05) is 0 Å². The van der Waals surface area contributed by atoms with Gasteiger partial charge in [-0.15, -0.1) is 0 Å². The molecule has 0 spiro atoms. The van der Waals surface area contributed by atoms with Gasteiger partial charge in [-0.25, -0.2) is 9.18 Å². The number of amides is 1. The SMILES string of the molecule is CO[C@H](CCOC(=O)CS)[C@H](OC(=O)Nc1ccccc1)c1ccc(O)c(F)c1. The van der Waals surface area contributed by atoms with Crippen molar-refractivity contribution >= 4 is 30.4 Å². The quantitative estimate of drug-likeness (QED) is 0.421. The molecular formula is C20H22FNO6S. The predicted octanol–water partition coefficient (Wildman–Crippen LogP) is 3.70. The molecule has 156 valence electrons. The van der Waals surface area contributed by atoms with E-state index in [4.69, 9.17) is 14.2 Å². The maximum absolute atomic E-state index is 13.9. The van der Waals surface area contributed by atoms with Gasteiger partial charge in [0, 0.05) is 19.2 Å². The number of anilines is 1. The lowest BCUT2D eigenvalue weighted by atomic mass is 10.0. The lowest BCUT2D eigenvalue weighted by Crippen LogP contribution is -2.29. The van der Waals surface area contributed by atoms with Crippen LogP contribution < -0.4 is 5.32 Å². The smallest absolute Gasteiger partial charge is 0.412 e. The minimum Gasteiger partial charge on any atom is -0.505 e. The van der Waals surface area contributed by atoms with E-state index < -0.39 is 35.8 Å². The third kappa shape index (κ3) is 6.95. The molecule has 1 amide bonds. The molecule has 0 saturated carbocycles. The second-order valence-electron chi connectivity index (χ2n) is 5.97. The molecular weight excluding hydrogens is 401 g/mol. The fourth-order valence-corrected chi connectivity index (χ4v) is 2.66. The Kier molecular flexibility index (Phi) is 8.75. The van der Waals surface area contributed by atoms with Crippen LogP contribution in [0.5, 0.6) is 5.75 Å². The molecule has 2 atom stereocenters. The third-order valence-corrected chi connectivity index (χ3v) is 4.25. The molecule has 0 fully saturated rings. The molecule has 0 radical (unpaired) electrons. The fraction of sp³-hybridized carbons (Fsp3) is 0.300. The van der Waals surface area contributed by atoms with E-state index in [1.54, 1.807) is 30.3 Å². The molecule has 0 heterocycles. The number of carbonyl (C=O) groups excluding carboxylic acids is 2. The average Bonchev–Trinajstić information content (AvgIpc) is 2.72. The van der Waals surface area contributed by atoms with Crippen LogP contribution in [0.2, 0.25) is 0 Å². The van der Waals surface area contributed by atoms with Gasteiger partial charge in [-0.1, -0.05) is 24.3 Å². The first-order valence-electron chi connectivity index (χ1n) is 8.75. The Morgan fingerprint density at radius 2 is 1.93 bits per heavy atom. The van der Waals surface area contributed by atoms with Gasteiger partial charge in [0.2, 0.25) is 0 Å². The third-order valence-electron chi connectivity index (χ3n) is 3.99. The van der Waals surface area contributed by atoms with E-state index in [9.17, 15) is 19.1 Å². The molecule has 0 unspecified atom stereocenters. The summed E-state index contributed by atoms with van der Waals surface area (Å²) in [6.07, 6.45) is -2.35. The van der Waals surface area contributed by atoms with Gasteiger partial charge in [-0.3, -0.25) is 10.1 Å². The number of ether oxygens (including phenoxy) is 3. The second-order valence-corrected chi connectivity index (χ2v) is 6.29. The van der Waals surface area contributed by atoms with Gasteiger partial charge in [-0.2, -0.15) is 12.6 Å². The number of carbonyl (C=O) groups is 2. The topological polar surface area (TPSA) is 94.1 Å². The number of para-hydroxylation sites is 1. The summed E-state index contributed by atoms with van der Waals surface area (Å²) in [5.74, 6) is -1.97. The monoisotopic (exact) mass is 423 g/mol. The van der Waals surface area contributed by atoms with Gasteiger partial charge < -0.3 is 19.3 Å². The van der Waals surface area contributed by atoms with Gasteiger partial charge in [0.25, 0.3) is 0 Å². The highest BCUT2D eigenvalue weighted by molar-refractivity contribution is 7.81. The minimum absolute atomic E-state index is 0.00136. The van der Waals surface area contributed by atoms with E-state index in [2.05, 4.69) is 17.9 Å². The van der Waals surface area contributed by atoms with Crippen LogP contribution in [-0.2, 0) is 19.0 Å². The molecule has 0 bridgehead atoms. The molecule has 0 aliphatic carbocycles. The Bertz CT molecular complexity index is 820. The molecule has 0 aromatic heterocycles. The number of phenolic OH excluding ortho intramolecular Hbond substituents is 1. The second kappa shape index (κ2) is 11.3. The van der Waals surface area contributed by atoms with E-state index in [1.165, 1.54) is 13.2 Å². The number of hydrogen-bond donors (Lipinski definition) is 3. The van der Waals surface area contributed by atoms with Crippen LogP contribution in [0, 0.1) is 5.82 Å². The number of hydrogen-bond acceptors (Lipinski definition) is 7. The van der Waals surface area contributed by atoms with Crippen molar-refractivity contribution in [2.75, 3.05) is 24.8 Å². The number of rotatable bonds is 9.